The molecule has 1 N–H and O–H groups in total. The summed E-state index contributed by atoms with van der Waals surface area (Å²) in [5, 5.41) is 11.1. The van der Waals surface area contributed by atoms with Crippen LogP contribution in [0.25, 0.3) is 0 Å². The first-order valence-electron chi connectivity index (χ1n) is 4.59. The molecule has 0 bridgehead atoms. The maximum absolute atomic E-state index is 11.1. The highest BCUT2D eigenvalue weighted by molar-refractivity contribution is 5.77. The van der Waals surface area contributed by atoms with Gasteiger partial charge in [-0.1, -0.05) is 12.0 Å². The normalized spacial score (nSPS) is 8.62. The van der Waals surface area contributed by atoms with Gasteiger partial charge in [-0.2, -0.15) is 5.26 Å². The smallest absolute Gasteiger partial charge is 0.258 e. The van der Waals surface area contributed by atoms with Crippen molar-refractivity contribution >= 4 is 5.91 Å². The molecule has 0 saturated heterocycles. The van der Waals surface area contributed by atoms with Crippen molar-refractivity contribution in [3.8, 4) is 24.2 Å². The average molecular weight is 214 g/mol. The molecule has 0 atom stereocenters. The van der Waals surface area contributed by atoms with Crippen LogP contribution in [0.2, 0.25) is 0 Å². The summed E-state index contributed by atoms with van der Waals surface area (Å²) >= 11 is 0. The Morgan fingerprint density at radius 2 is 2.38 bits per heavy atom. The fourth-order valence-corrected chi connectivity index (χ4v) is 1.00. The van der Waals surface area contributed by atoms with Crippen LogP contribution in [0.1, 0.15) is 5.56 Å². The van der Waals surface area contributed by atoms with Gasteiger partial charge in [-0.05, 0) is 18.2 Å². The third-order valence-corrected chi connectivity index (χ3v) is 1.72. The van der Waals surface area contributed by atoms with Gasteiger partial charge in [0.15, 0.2) is 6.61 Å². The summed E-state index contributed by atoms with van der Waals surface area (Å²) in [7, 11) is 0. The molecule has 0 aliphatic heterocycles. The van der Waals surface area contributed by atoms with Crippen LogP contribution in [-0.4, -0.2) is 19.1 Å². The Morgan fingerprint density at radius 1 is 1.56 bits per heavy atom. The summed E-state index contributed by atoms with van der Waals surface area (Å²) in [4.78, 5) is 11.1. The van der Waals surface area contributed by atoms with E-state index in [2.05, 4.69) is 11.2 Å². The van der Waals surface area contributed by atoms with Gasteiger partial charge in [-0.3, -0.25) is 4.79 Å². The lowest BCUT2D eigenvalue weighted by Gasteiger charge is -2.05. The standard InChI is InChI=1S/C12H10N2O2/c1-2-6-14-12(15)9-16-11-5-3-4-10(7-11)8-13/h1,3-5,7H,6,9H2,(H,14,15). The zero-order valence-electron chi connectivity index (χ0n) is 8.56. The number of nitrogens with zero attached hydrogens (tertiary/aromatic N) is 1. The van der Waals surface area contributed by atoms with Crippen LogP contribution in [-0.2, 0) is 4.79 Å². The third kappa shape index (κ3) is 3.73. The Balaban J connectivity index is 2.46. The van der Waals surface area contributed by atoms with Crippen molar-refractivity contribution in [2.45, 2.75) is 0 Å². The SMILES string of the molecule is C#CCNC(=O)COc1cccc(C#N)c1. The van der Waals surface area contributed by atoms with E-state index < -0.39 is 0 Å². The second-order valence-corrected chi connectivity index (χ2v) is 2.91. The van der Waals surface area contributed by atoms with E-state index >= 15 is 0 Å². The number of rotatable bonds is 4. The van der Waals surface area contributed by atoms with Crippen LogP contribution < -0.4 is 10.1 Å². The molecule has 1 amide bonds. The zero-order chi connectivity index (χ0) is 11.8. The maximum atomic E-state index is 11.1. The molecule has 0 aliphatic rings. The van der Waals surface area contributed by atoms with E-state index in [9.17, 15) is 4.79 Å². The highest BCUT2D eigenvalue weighted by Gasteiger charge is 2.01. The number of carbonyl (C=O) groups is 1. The monoisotopic (exact) mass is 214 g/mol. The Kier molecular flexibility index (Phi) is 4.43. The summed E-state index contributed by atoms with van der Waals surface area (Å²) in [6.45, 7) is 0.0665. The number of carbonyl (C=O) groups excluding carboxylic acids is 1. The molecular formula is C12H10N2O2. The van der Waals surface area contributed by atoms with Gasteiger partial charge < -0.3 is 10.1 Å². The molecule has 4 nitrogen and oxygen atoms in total. The van der Waals surface area contributed by atoms with Crippen molar-refractivity contribution < 1.29 is 9.53 Å². The van der Waals surface area contributed by atoms with Crippen molar-refractivity contribution in [2.24, 2.45) is 0 Å². The van der Waals surface area contributed by atoms with Gasteiger partial charge in [0.05, 0.1) is 18.2 Å². The first kappa shape index (κ1) is 11.6. The third-order valence-electron chi connectivity index (χ3n) is 1.72. The second kappa shape index (κ2) is 6.10. The number of terminal acetylenes is 1. The van der Waals surface area contributed by atoms with Crippen LogP contribution in [0.4, 0.5) is 0 Å². The molecule has 16 heavy (non-hydrogen) atoms. The Labute approximate surface area is 93.8 Å². The predicted molar refractivity (Wildman–Crippen MR) is 58.5 cm³/mol. The summed E-state index contributed by atoms with van der Waals surface area (Å²) in [6, 6.07) is 8.57. The van der Waals surface area contributed by atoms with Gasteiger partial charge >= 0.3 is 0 Å². The fourth-order valence-electron chi connectivity index (χ4n) is 1.00. The first-order chi connectivity index (χ1) is 7.76. The molecule has 0 heterocycles. The summed E-state index contributed by atoms with van der Waals surface area (Å²) in [5.74, 6) is 2.47. The first-order valence-corrected chi connectivity index (χ1v) is 4.59. The van der Waals surface area contributed by atoms with E-state index in [0.29, 0.717) is 11.3 Å². The van der Waals surface area contributed by atoms with Crippen molar-refractivity contribution in [1.29, 1.82) is 5.26 Å². The molecule has 0 aromatic heterocycles. The highest BCUT2D eigenvalue weighted by atomic mass is 16.5. The summed E-state index contributed by atoms with van der Waals surface area (Å²) in [5.41, 5.74) is 0.488. The number of nitrogens with one attached hydrogen (secondary N) is 1. The van der Waals surface area contributed by atoms with Crippen LogP contribution in [0, 0.1) is 23.7 Å². The number of ether oxygens (including phenoxy) is 1. The summed E-state index contributed by atoms with van der Waals surface area (Å²) < 4.78 is 5.18. The molecule has 0 aliphatic carbocycles. The molecule has 4 heteroatoms. The van der Waals surface area contributed by atoms with Gasteiger partial charge in [0.1, 0.15) is 5.75 Å². The van der Waals surface area contributed by atoms with Crippen molar-refractivity contribution in [1.82, 2.24) is 5.32 Å². The number of hydrogen-bond acceptors (Lipinski definition) is 3. The van der Waals surface area contributed by atoms with Crippen molar-refractivity contribution in [2.75, 3.05) is 13.2 Å². The lowest BCUT2D eigenvalue weighted by molar-refractivity contribution is -0.122. The topological polar surface area (TPSA) is 62.1 Å². The van der Waals surface area contributed by atoms with E-state index in [1.54, 1.807) is 24.3 Å². The lowest BCUT2D eigenvalue weighted by Crippen LogP contribution is -2.29. The van der Waals surface area contributed by atoms with Crippen LogP contribution >= 0.6 is 0 Å². The molecule has 0 spiro atoms. The molecule has 80 valence electrons. The van der Waals surface area contributed by atoms with Crippen LogP contribution in [0.5, 0.6) is 5.75 Å². The number of benzene rings is 1. The minimum Gasteiger partial charge on any atom is -0.484 e. The van der Waals surface area contributed by atoms with Crippen LogP contribution in [0.15, 0.2) is 24.3 Å². The van der Waals surface area contributed by atoms with E-state index in [1.807, 2.05) is 6.07 Å². The largest absolute Gasteiger partial charge is 0.484 e. The van der Waals surface area contributed by atoms with Crippen molar-refractivity contribution in [3.05, 3.63) is 29.8 Å². The predicted octanol–water partition coefficient (Wildman–Crippen LogP) is 0.686. The number of amides is 1. The lowest BCUT2D eigenvalue weighted by atomic mass is 10.2. The van der Waals surface area contributed by atoms with Gasteiger partial charge in [-0.15, -0.1) is 6.42 Å². The van der Waals surface area contributed by atoms with E-state index in [0.717, 1.165) is 0 Å². The molecule has 1 aromatic rings. The van der Waals surface area contributed by atoms with Gasteiger partial charge in [0.25, 0.3) is 5.91 Å². The average Bonchev–Trinajstić information content (AvgIpc) is 2.34. The second-order valence-electron chi connectivity index (χ2n) is 2.91. The minimum atomic E-state index is -0.291. The molecule has 0 fully saturated rings. The Bertz CT molecular complexity index is 455. The fraction of sp³-hybridized carbons (Fsp3) is 0.167. The quantitative estimate of drug-likeness (QED) is 0.750. The van der Waals surface area contributed by atoms with Gasteiger partial charge in [0, 0.05) is 0 Å². The molecule has 0 radical (unpaired) electrons. The zero-order valence-corrected chi connectivity index (χ0v) is 8.56. The number of hydrogen-bond donors (Lipinski definition) is 1. The summed E-state index contributed by atoms with van der Waals surface area (Å²) in [6.07, 6.45) is 4.98. The maximum Gasteiger partial charge on any atom is 0.258 e. The minimum absolute atomic E-state index is 0.115. The van der Waals surface area contributed by atoms with E-state index in [1.165, 1.54) is 0 Å². The Morgan fingerprint density at radius 3 is 3.06 bits per heavy atom. The van der Waals surface area contributed by atoms with Gasteiger partial charge in [-0.25, -0.2) is 0 Å². The molecule has 1 rings (SSSR count). The van der Waals surface area contributed by atoms with Crippen molar-refractivity contribution in [3.63, 3.8) is 0 Å². The Hall–Kier alpha value is -2.46. The van der Waals surface area contributed by atoms with Crippen LogP contribution in [0.3, 0.4) is 0 Å². The molecule has 1 aromatic carbocycles. The van der Waals surface area contributed by atoms with Gasteiger partial charge in [0.2, 0.25) is 0 Å². The number of nitriles is 1. The van der Waals surface area contributed by atoms with E-state index in [4.69, 9.17) is 16.4 Å². The molecular weight excluding hydrogens is 204 g/mol. The van der Waals surface area contributed by atoms with E-state index in [-0.39, 0.29) is 19.1 Å². The molecule has 0 saturated carbocycles. The highest BCUT2D eigenvalue weighted by Crippen LogP contribution is 2.11. The molecule has 0 unspecified atom stereocenters.